The van der Waals surface area contributed by atoms with Crippen molar-refractivity contribution >= 4 is 22.3 Å². The van der Waals surface area contributed by atoms with E-state index in [1.54, 1.807) is 17.5 Å². The van der Waals surface area contributed by atoms with Crippen molar-refractivity contribution in [2.24, 2.45) is 0 Å². The van der Waals surface area contributed by atoms with Gasteiger partial charge in [-0.1, -0.05) is 12.1 Å². The lowest BCUT2D eigenvalue weighted by Gasteiger charge is -2.01. The molecule has 3 heterocycles. The van der Waals surface area contributed by atoms with Crippen LogP contribution in [-0.2, 0) is 0 Å². The number of hydrogen-bond donors (Lipinski definition) is 1. The summed E-state index contributed by atoms with van der Waals surface area (Å²) in [5, 5.41) is 5.99. The summed E-state index contributed by atoms with van der Waals surface area (Å²) in [5.74, 6) is 0.799. The molecule has 0 bridgehead atoms. The number of thiazole rings is 1. The summed E-state index contributed by atoms with van der Waals surface area (Å²) in [7, 11) is 0. The van der Waals surface area contributed by atoms with Crippen molar-refractivity contribution in [2.75, 3.05) is 5.32 Å². The van der Waals surface area contributed by atoms with Crippen molar-refractivity contribution in [3.8, 4) is 11.4 Å². The van der Waals surface area contributed by atoms with Crippen LogP contribution >= 0.6 is 11.3 Å². The third-order valence-electron chi connectivity index (χ3n) is 2.58. The average Bonchev–Trinajstić information content (AvgIpc) is 2.91. The van der Waals surface area contributed by atoms with E-state index in [0.29, 0.717) is 0 Å². The standard InChI is InChI=1S/C14H12N4S/c1-10-5-6-13(16-8-10)18-14-17-12(9-19-14)11-4-2-3-7-15-11/h2-9H,1H3,(H,16,17,18). The fraction of sp³-hybridized carbons (Fsp3) is 0.0714. The van der Waals surface area contributed by atoms with Crippen molar-refractivity contribution in [1.82, 2.24) is 15.0 Å². The van der Waals surface area contributed by atoms with Crippen LogP contribution in [0.15, 0.2) is 48.1 Å². The van der Waals surface area contributed by atoms with E-state index < -0.39 is 0 Å². The molecule has 0 aliphatic heterocycles. The second kappa shape index (κ2) is 5.16. The van der Waals surface area contributed by atoms with Gasteiger partial charge in [-0.2, -0.15) is 0 Å². The average molecular weight is 268 g/mol. The molecule has 94 valence electrons. The highest BCUT2D eigenvalue weighted by Crippen LogP contribution is 2.25. The number of aryl methyl sites for hydroxylation is 1. The quantitative estimate of drug-likeness (QED) is 0.787. The van der Waals surface area contributed by atoms with E-state index in [2.05, 4.69) is 20.3 Å². The first-order valence-electron chi connectivity index (χ1n) is 5.88. The van der Waals surface area contributed by atoms with Gasteiger partial charge in [-0.15, -0.1) is 11.3 Å². The molecule has 19 heavy (non-hydrogen) atoms. The lowest BCUT2D eigenvalue weighted by atomic mass is 10.3. The number of pyridine rings is 2. The van der Waals surface area contributed by atoms with Gasteiger partial charge in [0, 0.05) is 17.8 Å². The van der Waals surface area contributed by atoms with Gasteiger partial charge in [0.15, 0.2) is 5.13 Å². The molecule has 5 heteroatoms. The third-order valence-corrected chi connectivity index (χ3v) is 3.34. The maximum Gasteiger partial charge on any atom is 0.188 e. The van der Waals surface area contributed by atoms with Gasteiger partial charge in [-0.25, -0.2) is 9.97 Å². The molecule has 0 saturated heterocycles. The van der Waals surface area contributed by atoms with E-state index in [9.17, 15) is 0 Å². The van der Waals surface area contributed by atoms with E-state index in [0.717, 1.165) is 27.9 Å². The second-order valence-corrected chi connectivity index (χ2v) is 4.96. The molecular formula is C14H12N4S. The summed E-state index contributed by atoms with van der Waals surface area (Å²) < 4.78 is 0. The first-order chi connectivity index (χ1) is 9.31. The Hall–Kier alpha value is -2.27. The molecule has 1 N–H and O–H groups in total. The van der Waals surface area contributed by atoms with E-state index in [-0.39, 0.29) is 0 Å². The number of rotatable bonds is 3. The number of nitrogens with one attached hydrogen (secondary N) is 1. The lowest BCUT2D eigenvalue weighted by molar-refractivity contribution is 1.24. The van der Waals surface area contributed by atoms with Crippen LogP contribution in [0, 0.1) is 6.92 Å². The molecule has 0 amide bonds. The van der Waals surface area contributed by atoms with Crippen molar-refractivity contribution in [3.63, 3.8) is 0 Å². The fourth-order valence-electron chi connectivity index (χ4n) is 1.61. The Morgan fingerprint density at radius 2 is 2.00 bits per heavy atom. The van der Waals surface area contributed by atoms with Crippen LogP contribution in [0.4, 0.5) is 10.9 Å². The maximum atomic E-state index is 4.50. The van der Waals surface area contributed by atoms with Crippen molar-refractivity contribution in [2.45, 2.75) is 6.92 Å². The molecule has 3 aromatic heterocycles. The summed E-state index contributed by atoms with van der Waals surface area (Å²) in [5.41, 5.74) is 2.89. The lowest BCUT2D eigenvalue weighted by Crippen LogP contribution is -1.93. The van der Waals surface area contributed by atoms with E-state index in [1.165, 1.54) is 0 Å². The Kier molecular flexibility index (Phi) is 3.20. The van der Waals surface area contributed by atoms with Crippen molar-refractivity contribution in [3.05, 3.63) is 53.7 Å². The van der Waals surface area contributed by atoms with Gasteiger partial charge in [0.2, 0.25) is 0 Å². The molecule has 0 spiro atoms. The van der Waals surface area contributed by atoms with Gasteiger partial charge < -0.3 is 5.32 Å². The highest BCUT2D eigenvalue weighted by atomic mass is 32.1. The monoisotopic (exact) mass is 268 g/mol. The number of nitrogens with zero attached hydrogens (tertiary/aromatic N) is 3. The Morgan fingerprint density at radius 1 is 1.05 bits per heavy atom. The Bertz CT molecular complexity index is 661. The number of hydrogen-bond acceptors (Lipinski definition) is 5. The minimum Gasteiger partial charge on any atom is -0.316 e. The van der Waals surface area contributed by atoms with Crippen molar-refractivity contribution in [1.29, 1.82) is 0 Å². The van der Waals surface area contributed by atoms with Crippen LogP contribution in [0.3, 0.4) is 0 Å². The molecule has 0 fully saturated rings. The minimum atomic E-state index is 0.799. The van der Waals surface area contributed by atoms with Crippen LogP contribution in [-0.4, -0.2) is 15.0 Å². The zero-order valence-corrected chi connectivity index (χ0v) is 11.2. The van der Waals surface area contributed by atoms with E-state index >= 15 is 0 Å². The predicted octanol–water partition coefficient (Wildman–Crippen LogP) is 3.65. The van der Waals surface area contributed by atoms with Gasteiger partial charge in [0.1, 0.15) is 11.5 Å². The first-order valence-corrected chi connectivity index (χ1v) is 6.76. The molecule has 0 radical (unpaired) electrons. The topological polar surface area (TPSA) is 50.7 Å². The van der Waals surface area contributed by atoms with Crippen LogP contribution in [0.25, 0.3) is 11.4 Å². The maximum absolute atomic E-state index is 4.50. The zero-order chi connectivity index (χ0) is 13.1. The van der Waals surface area contributed by atoms with Crippen molar-refractivity contribution < 1.29 is 0 Å². The third kappa shape index (κ3) is 2.77. The van der Waals surface area contributed by atoms with E-state index in [1.807, 2.05) is 48.8 Å². The molecule has 0 unspecified atom stereocenters. The number of aromatic nitrogens is 3. The van der Waals surface area contributed by atoms with Gasteiger partial charge in [0.25, 0.3) is 0 Å². The highest BCUT2D eigenvalue weighted by Gasteiger charge is 2.05. The fourth-order valence-corrected chi connectivity index (χ4v) is 2.33. The predicted molar refractivity (Wildman–Crippen MR) is 77.6 cm³/mol. The Balaban J connectivity index is 1.80. The summed E-state index contributed by atoms with van der Waals surface area (Å²) in [6, 6.07) is 9.75. The van der Waals surface area contributed by atoms with Gasteiger partial charge >= 0.3 is 0 Å². The Morgan fingerprint density at radius 3 is 2.74 bits per heavy atom. The largest absolute Gasteiger partial charge is 0.316 e. The molecule has 4 nitrogen and oxygen atoms in total. The summed E-state index contributed by atoms with van der Waals surface area (Å²) >= 11 is 1.54. The summed E-state index contributed by atoms with van der Waals surface area (Å²) in [6.07, 6.45) is 3.60. The molecule has 0 aliphatic carbocycles. The molecule has 0 saturated carbocycles. The van der Waals surface area contributed by atoms with Crippen LogP contribution in [0.2, 0.25) is 0 Å². The highest BCUT2D eigenvalue weighted by molar-refractivity contribution is 7.14. The zero-order valence-electron chi connectivity index (χ0n) is 10.4. The normalized spacial score (nSPS) is 10.4. The first kappa shape index (κ1) is 11.8. The Labute approximate surface area is 115 Å². The smallest absolute Gasteiger partial charge is 0.188 e. The second-order valence-electron chi connectivity index (χ2n) is 4.10. The van der Waals surface area contributed by atoms with Crippen LogP contribution in [0.5, 0.6) is 0 Å². The van der Waals surface area contributed by atoms with Gasteiger partial charge in [-0.05, 0) is 30.7 Å². The van der Waals surface area contributed by atoms with Gasteiger partial charge in [0.05, 0.1) is 5.69 Å². The van der Waals surface area contributed by atoms with E-state index in [4.69, 9.17) is 0 Å². The summed E-state index contributed by atoms with van der Waals surface area (Å²) in [4.78, 5) is 13.1. The van der Waals surface area contributed by atoms with Crippen LogP contribution < -0.4 is 5.32 Å². The van der Waals surface area contributed by atoms with Gasteiger partial charge in [-0.3, -0.25) is 4.98 Å². The minimum absolute atomic E-state index is 0.799. The number of anilines is 2. The molecule has 0 aromatic carbocycles. The molecular weight excluding hydrogens is 256 g/mol. The molecule has 3 rings (SSSR count). The SMILES string of the molecule is Cc1ccc(Nc2nc(-c3ccccn3)cs2)nc1. The molecule has 0 aliphatic rings. The molecule has 3 aromatic rings. The summed E-state index contributed by atoms with van der Waals surface area (Å²) in [6.45, 7) is 2.01. The van der Waals surface area contributed by atoms with Crippen LogP contribution in [0.1, 0.15) is 5.56 Å². The molecule has 0 atom stereocenters.